The van der Waals surface area contributed by atoms with Crippen LogP contribution in [-0.4, -0.2) is 19.1 Å². The molecule has 1 amide bonds. The van der Waals surface area contributed by atoms with Crippen LogP contribution in [0, 0.1) is 6.92 Å². The lowest BCUT2D eigenvalue weighted by atomic mass is 10.1. The predicted octanol–water partition coefficient (Wildman–Crippen LogP) is 4.41. The molecule has 0 radical (unpaired) electrons. The number of benzene rings is 2. The van der Waals surface area contributed by atoms with Crippen molar-refractivity contribution >= 4 is 17.3 Å². The van der Waals surface area contributed by atoms with Crippen molar-refractivity contribution in [3.63, 3.8) is 0 Å². The van der Waals surface area contributed by atoms with E-state index in [1.165, 1.54) is 0 Å². The van der Waals surface area contributed by atoms with Crippen molar-refractivity contribution in [1.29, 1.82) is 0 Å². The number of nitrogen functional groups attached to an aromatic ring is 1. The molecule has 134 valence electrons. The molecule has 5 nitrogen and oxygen atoms in total. The summed E-state index contributed by atoms with van der Waals surface area (Å²) in [4.78, 5) is 12.6. The quantitative estimate of drug-likeness (QED) is 0.697. The maximum Gasteiger partial charge on any atom is 0.255 e. The number of anilines is 2. The van der Waals surface area contributed by atoms with Gasteiger partial charge in [0.05, 0.1) is 13.2 Å². The second-order valence-electron chi connectivity index (χ2n) is 5.89. The largest absolute Gasteiger partial charge is 0.490 e. The first-order valence-corrected chi connectivity index (χ1v) is 8.62. The van der Waals surface area contributed by atoms with Gasteiger partial charge in [-0.3, -0.25) is 4.79 Å². The first-order valence-electron chi connectivity index (χ1n) is 8.62. The minimum atomic E-state index is -0.211. The second-order valence-corrected chi connectivity index (χ2v) is 5.89. The third-order valence-electron chi connectivity index (χ3n) is 3.64. The molecule has 0 bridgehead atoms. The summed E-state index contributed by atoms with van der Waals surface area (Å²) in [5.41, 5.74) is 8.57. The van der Waals surface area contributed by atoms with Crippen molar-refractivity contribution in [2.45, 2.75) is 33.6 Å². The Bertz CT molecular complexity index is 729. The van der Waals surface area contributed by atoms with E-state index in [0.29, 0.717) is 41.7 Å². The van der Waals surface area contributed by atoms with Crippen LogP contribution in [0.25, 0.3) is 0 Å². The first-order chi connectivity index (χ1) is 12.0. The van der Waals surface area contributed by atoms with Crippen LogP contribution in [-0.2, 0) is 0 Å². The highest BCUT2D eigenvalue weighted by Gasteiger charge is 2.13. The molecular formula is C20H26N2O3. The fourth-order valence-electron chi connectivity index (χ4n) is 2.27. The molecule has 0 atom stereocenters. The van der Waals surface area contributed by atoms with E-state index in [0.717, 1.165) is 18.4 Å². The number of nitrogens with two attached hydrogens (primary N) is 1. The van der Waals surface area contributed by atoms with E-state index in [1.54, 1.807) is 24.3 Å². The topological polar surface area (TPSA) is 73.6 Å². The van der Waals surface area contributed by atoms with Crippen molar-refractivity contribution < 1.29 is 14.3 Å². The zero-order valence-electron chi connectivity index (χ0n) is 15.1. The highest BCUT2D eigenvalue weighted by molar-refractivity contribution is 6.05. The predicted molar refractivity (Wildman–Crippen MR) is 102 cm³/mol. The number of hydrogen-bond acceptors (Lipinski definition) is 4. The van der Waals surface area contributed by atoms with Gasteiger partial charge in [-0.25, -0.2) is 0 Å². The van der Waals surface area contributed by atoms with Crippen LogP contribution in [0.1, 0.15) is 42.6 Å². The lowest BCUT2D eigenvalue weighted by Gasteiger charge is -2.14. The molecule has 0 spiro atoms. The first kappa shape index (κ1) is 18.6. The summed E-state index contributed by atoms with van der Waals surface area (Å²) in [7, 11) is 0. The molecule has 0 fully saturated rings. The van der Waals surface area contributed by atoms with Crippen molar-refractivity contribution in [2.24, 2.45) is 0 Å². The van der Waals surface area contributed by atoms with Crippen LogP contribution < -0.4 is 20.5 Å². The van der Waals surface area contributed by atoms with E-state index in [-0.39, 0.29) is 5.91 Å². The van der Waals surface area contributed by atoms with Crippen LogP contribution >= 0.6 is 0 Å². The molecule has 2 aromatic carbocycles. The average molecular weight is 342 g/mol. The zero-order chi connectivity index (χ0) is 18.2. The van der Waals surface area contributed by atoms with E-state index in [4.69, 9.17) is 15.2 Å². The highest BCUT2D eigenvalue weighted by atomic mass is 16.5. The van der Waals surface area contributed by atoms with Gasteiger partial charge < -0.3 is 20.5 Å². The Morgan fingerprint density at radius 1 is 1.00 bits per heavy atom. The third kappa shape index (κ3) is 5.14. The molecule has 0 aliphatic rings. The Morgan fingerprint density at radius 2 is 1.68 bits per heavy atom. The highest BCUT2D eigenvalue weighted by Crippen LogP contribution is 2.29. The zero-order valence-corrected chi connectivity index (χ0v) is 15.1. The van der Waals surface area contributed by atoms with Gasteiger partial charge >= 0.3 is 0 Å². The molecule has 0 saturated carbocycles. The smallest absolute Gasteiger partial charge is 0.255 e. The summed E-state index contributed by atoms with van der Waals surface area (Å²) in [6.07, 6.45) is 1.79. The molecular weight excluding hydrogens is 316 g/mol. The minimum Gasteiger partial charge on any atom is -0.490 e. The number of nitrogens with one attached hydrogen (secondary N) is 1. The Balaban J connectivity index is 2.22. The fourth-order valence-corrected chi connectivity index (χ4v) is 2.27. The molecule has 5 heteroatoms. The number of carbonyl (C=O) groups is 1. The van der Waals surface area contributed by atoms with Crippen LogP contribution in [0.2, 0.25) is 0 Å². The lowest BCUT2D eigenvalue weighted by molar-refractivity contribution is 0.102. The van der Waals surface area contributed by atoms with Gasteiger partial charge in [-0.05, 0) is 55.7 Å². The molecule has 0 aliphatic carbocycles. The molecule has 0 aromatic heterocycles. The maximum atomic E-state index is 12.6. The van der Waals surface area contributed by atoms with E-state index in [2.05, 4.69) is 5.32 Å². The normalized spacial score (nSPS) is 10.4. The summed E-state index contributed by atoms with van der Waals surface area (Å²) in [5.74, 6) is 1.04. The third-order valence-corrected chi connectivity index (χ3v) is 3.64. The van der Waals surface area contributed by atoms with Crippen molar-refractivity contribution in [1.82, 2.24) is 0 Å². The van der Waals surface area contributed by atoms with Crippen molar-refractivity contribution in [3.05, 3.63) is 47.5 Å². The summed E-state index contributed by atoms with van der Waals surface area (Å²) in [6, 6.07) is 10.7. The summed E-state index contributed by atoms with van der Waals surface area (Å²) in [5, 5.41) is 2.90. The number of carbonyl (C=O) groups excluding carboxylic acids is 1. The van der Waals surface area contributed by atoms with Gasteiger partial charge in [0.15, 0.2) is 11.5 Å². The van der Waals surface area contributed by atoms with Crippen molar-refractivity contribution in [3.8, 4) is 11.5 Å². The Labute approximate surface area is 149 Å². The average Bonchev–Trinajstić information content (AvgIpc) is 2.61. The van der Waals surface area contributed by atoms with E-state index < -0.39 is 0 Å². The van der Waals surface area contributed by atoms with Crippen LogP contribution in [0.4, 0.5) is 11.4 Å². The molecule has 2 aromatic rings. The molecule has 0 saturated heterocycles. The summed E-state index contributed by atoms with van der Waals surface area (Å²) < 4.78 is 11.4. The van der Waals surface area contributed by atoms with E-state index in [1.807, 2.05) is 32.9 Å². The summed E-state index contributed by atoms with van der Waals surface area (Å²) >= 11 is 0. The van der Waals surface area contributed by atoms with Crippen LogP contribution in [0.15, 0.2) is 36.4 Å². The molecule has 2 rings (SSSR count). The monoisotopic (exact) mass is 342 g/mol. The Hall–Kier alpha value is -2.69. The van der Waals surface area contributed by atoms with Gasteiger partial charge in [0.1, 0.15) is 0 Å². The second kappa shape index (κ2) is 8.97. The van der Waals surface area contributed by atoms with E-state index in [9.17, 15) is 4.79 Å². The van der Waals surface area contributed by atoms with Gasteiger partial charge in [-0.2, -0.15) is 0 Å². The number of rotatable bonds is 8. The van der Waals surface area contributed by atoms with Crippen LogP contribution in [0.5, 0.6) is 11.5 Å². The Morgan fingerprint density at radius 3 is 2.36 bits per heavy atom. The molecule has 0 heterocycles. The van der Waals surface area contributed by atoms with Gasteiger partial charge in [0.25, 0.3) is 5.91 Å². The van der Waals surface area contributed by atoms with Gasteiger partial charge in [0.2, 0.25) is 0 Å². The minimum absolute atomic E-state index is 0.211. The standard InChI is InChI=1S/C20H26N2O3/c1-4-10-24-18-9-7-15(12-19(18)25-11-5-2)20(23)22-17-13-16(21)8-6-14(17)3/h6-9,12-13H,4-5,10-11,21H2,1-3H3,(H,22,23). The molecule has 3 N–H and O–H groups in total. The van der Waals surface area contributed by atoms with Gasteiger partial charge in [0, 0.05) is 16.9 Å². The number of amides is 1. The Kier molecular flexibility index (Phi) is 6.69. The fraction of sp³-hybridized carbons (Fsp3) is 0.350. The molecule has 0 aliphatic heterocycles. The SMILES string of the molecule is CCCOc1ccc(C(=O)Nc2cc(N)ccc2C)cc1OCCC. The number of aryl methyl sites for hydroxylation is 1. The van der Waals surface area contributed by atoms with E-state index >= 15 is 0 Å². The maximum absolute atomic E-state index is 12.6. The lowest BCUT2D eigenvalue weighted by Crippen LogP contribution is -2.13. The molecule has 0 unspecified atom stereocenters. The summed E-state index contributed by atoms with van der Waals surface area (Å²) in [6.45, 7) is 7.18. The van der Waals surface area contributed by atoms with Crippen molar-refractivity contribution in [2.75, 3.05) is 24.3 Å². The van der Waals surface area contributed by atoms with Gasteiger partial charge in [-0.15, -0.1) is 0 Å². The van der Waals surface area contributed by atoms with Crippen LogP contribution in [0.3, 0.4) is 0 Å². The molecule has 25 heavy (non-hydrogen) atoms. The van der Waals surface area contributed by atoms with Gasteiger partial charge in [-0.1, -0.05) is 19.9 Å². The number of ether oxygens (including phenoxy) is 2. The number of hydrogen-bond donors (Lipinski definition) is 2.